The minimum Gasteiger partial charge on any atom is -0.480 e. The molecule has 1 aromatic heterocycles. The zero-order valence-electron chi connectivity index (χ0n) is 8.74. The average molecular weight is 264 g/mol. The van der Waals surface area contributed by atoms with E-state index in [2.05, 4.69) is 15.5 Å². The van der Waals surface area contributed by atoms with Gasteiger partial charge >= 0.3 is 5.97 Å². The highest BCUT2D eigenvalue weighted by Crippen LogP contribution is 2.23. The monoisotopic (exact) mass is 263 g/mol. The summed E-state index contributed by atoms with van der Waals surface area (Å²) in [4.78, 5) is 11.0. The van der Waals surface area contributed by atoms with Gasteiger partial charge in [0.2, 0.25) is 0 Å². The maximum absolute atomic E-state index is 11.0. The first-order valence-electron chi connectivity index (χ1n) is 4.60. The minimum absolute atomic E-state index is 0.0938. The number of carboxylic acids is 1. The molecule has 0 spiro atoms. The fourth-order valence-electron chi connectivity index (χ4n) is 1.14. The lowest BCUT2D eigenvalue weighted by Crippen LogP contribution is -2.34. The van der Waals surface area contributed by atoms with Crippen molar-refractivity contribution in [1.82, 2.24) is 10.2 Å². The molecular formula is C9H11Cl2N3O2. The summed E-state index contributed by atoms with van der Waals surface area (Å²) in [6, 6.07) is 0.688. The zero-order valence-corrected chi connectivity index (χ0v) is 10.2. The maximum Gasteiger partial charge on any atom is 0.326 e. The van der Waals surface area contributed by atoms with Crippen LogP contribution < -0.4 is 5.32 Å². The molecule has 0 saturated carbocycles. The second-order valence-corrected chi connectivity index (χ2v) is 4.32. The molecule has 0 amide bonds. The Balaban J connectivity index is 2.93. The predicted molar refractivity (Wildman–Crippen MR) is 61.9 cm³/mol. The number of aromatic nitrogens is 2. The van der Waals surface area contributed by atoms with E-state index >= 15 is 0 Å². The average Bonchev–Trinajstić information content (AvgIpc) is 2.18. The highest BCUT2D eigenvalue weighted by Gasteiger charge is 2.22. The second kappa shape index (κ2) is 5.32. The van der Waals surface area contributed by atoms with Gasteiger partial charge in [-0.1, -0.05) is 37.0 Å². The smallest absolute Gasteiger partial charge is 0.326 e. The van der Waals surface area contributed by atoms with Gasteiger partial charge in [-0.25, -0.2) is 4.79 Å². The molecule has 0 aromatic carbocycles. The number of hydrogen-bond donors (Lipinski definition) is 2. The van der Waals surface area contributed by atoms with Crippen molar-refractivity contribution in [3.8, 4) is 0 Å². The van der Waals surface area contributed by atoms with E-state index < -0.39 is 12.0 Å². The Morgan fingerprint density at radius 1 is 1.44 bits per heavy atom. The predicted octanol–water partition coefficient (Wildman–Crippen LogP) is 2.30. The van der Waals surface area contributed by atoms with Crippen LogP contribution >= 0.6 is 23.2 Å². The van der Waals surface area contributed by atoms with E-state index in [-0.39, 0.29) is 16.2 Å². The summed E-state index contributed by atoms with van der Waals surface area (Å²) >= 11 is 11.4. The molecule has 2 N–H and O–H groups in total. The number of rotatable bonds is 4. The summed E-state index contributed by atoms with van der Waals surface area (Å²) < 4.78 is 0. The molecule has 88 valence electrons. The molecule has 0 unspecified atom stereocenters. The van der Waals surface area contributed by atoms with E-state index in [9.17, 15) is 4.79 Å². The van der Waals surface area contributed by atoms with Gasteiger partial charge < -0.3 is 10.4 Å². The Labute approximate surface area is 103 Å². The van der Waals surface area contributed by atoms with E-state index in [1.165, 1.54) is 6.07 Å². The number of hydrogen-bond acceptors (Lipinski definition) is 4. The van der Waals surface area contributed by atoms with Crippen molar-refractivity contribution in [2.24, 2.45) is 5.92 Å². The van der Waals surface area contributed by atoms with Gasteiger partial charge in [-0.3, -0.25) is 0 Å². The highest BCUT2D eigenvalue weighted by molar-refractivity contribution is 6.33. The van der Waals surface area contributed by atoms with Gasteiger partial charge in [0.1, 0.15) is 6.04 Å². The number of halogens is 2. The third-order valence-corrected chi connectivity index (χ3v) is 2.43. The quantitative estimate of drug-likeness (QED) is 0.872. The lowest BCUT2D eigenvalue weighted by atomic mass is 10.0. The normalized spacial score (nSPS) is 12.6. The van der Waals surface area contributed by atoms with Crippen LogP contribution in [0.3, 0.4) is 0 Å². The van der Waals surface area contributed by atoms with Crippen LogP contribution in [0.15, 0.2) is 6.07 Å². The molecule has 5 nitrogen and oxygen atoms in total. The second-order valence-electron chi connectivity index (χ2n) is 3.58. The summed E-state index contributed by atoms with van der Waals surface area (Å²) in [5.41, 5.74) is 0.364. The molecule has 16 heavy (non-hydrogen) atoms. The number of aliphatic carboxylic acids is 1. The van der Waals surface area contributed by atoms with Crippen molar-refractivity contribution in [1.29, 1.82) is 0 Å². The zero-order chi connectivity index (χ0) is 12.3. The lowest BCUT2D eigenvalue weighted by molar-refractivity contribution is -0.138. The van der Waals surface area contributed by atoms with Crippen molar-refractivity contribution >= 4 is 34.9 Å². The largest absolute Gasteiger partial charge is 0.480 e. The first-order valence-corrected chi connectivity index (χ1v) is 5.35. The number of carboxylic acid groups (broad SMARTS) is 1. The molecule has 0 aliphatic carbocycles. The van der Waals surface area contributed by atoms with Gasteiger partial charge in [0.05, 0.1) is 5.69 Å². The molecule has 0 radical (unpaired) electrons. The number of nitrogens with zero attached hydrogens (tertiary/aromatic N) is 2. The van der Waals surface area contributed by atoms with Gasteiger partial charge in [-0.2, -0.15) is 0 Å². The van der Waals surface area contributed by atoms with E-state index in [1.807, 2.05) is 0 Å². The molecule has 1 atom stereocenters. The van der Waals surface area contributed by atoms with Crippen molar-refractivity contribution in [3.05, 3.63) is 16.4 Å². The lowest BCUT2D eigenvalue weighted by Gasteiger charge is -2.19. The van der Waals surface area contributed by atoms with Crippen molar-refractivity contribution in [3.63, 3.8) is 0 Å². The fraction of sp³-hybridized carbons (Fsp3) is 0.444. The third kappa shape index (κ3) is 3.21. The molecule has 0 aliphatic rings. The van der Waals surface area contributed by atoms with Crippen LogP contribution in [0.1, 0.15) is 13.8 Å². The van der Waals surface area contributed by atoms with Crippen molar-refractivity contribution < 1.29 is 9.90 Å². The summed E-state index contributed by atoms with van der Waals surface area (Å²) in [5.74, 6) is -1.06. The standard InChI is InChI=1S/C9H11Cl2N3O2/c1-4(2)7(9(15)16)12-5-3-6(10)13-14-8(5)11/h3-4,7H,1-2H3,(H,12,13)(H,15,16)/t7-/m1/s1. The van der Waals surface area contributed by atoms with Gasteiger partial charge in [0.15, 0.2) is 10.3 Å². The molecular weight excluding hydrogens is 253 g/mol. The van der Waals surface area contributed by atoms with Gasteiger partial charge in [0, 0.05) is 6.07 Å². The molecule has 1 aromatic rings. The molecule has 1 rings (SSSR count). The van der Waals surface area contributed by atoms with Crippen LogP contribution in [0.25, 0.3) is 0 Å². The maximum atomic E-state index is 11.0. The molecule has 0 fully saturated rings. The summed E-state index contributed by atoms with van der Waals surface area (Å²) in [6.07, 6.45) is 0. The number of carbonyl (C=O) groups is 1. The molecule has 0 aliphatic heterocycles. The minimum atomic E-state index is -0.959. The van der Waals surface area contributed by atoms with E-state index in [0.717, 1.165) is 0 Å². The SMILES string of the molecule is CC(C)[C@@H](Nc1cc(Cl)nnc1Cl)C(=O)O. The Morgan fingerprint density at radius 3 is 2.56 bits per heavy atom. The van der Waals surface area contributed by atoms with Gasteiger partial charge in [-0.05, 0) is 5.92 Å². The molecule has 1 heterocycles. The van der Waals surface area contributed by atoms with Gasteiger partial charge in [0.25, 0.3) is 0 Å². The van der Waals surface area contributed by atoms with E-state index in [0.29, 0.717) is 5.69 Å². The van der Waals surface area contributed by atoms with Crippen LogP contribution in [0.2, 0.25) is 10.3 Å². The number of anilines is 1. The summed E-state index contributed by atoms with van der Waals surface area (Å²) in [5, 5.41) is 19.1. The van der Waals surface area contributed by atoms with Crippen LogP contribution in [-0.2, 0) is 4.79 Å². The van der Waals surface area contributed by atoms with Gasteiger partial charge in [-0.15, -0.1) is 10.2 Å². The topological polar surface area (TPSA) is 75.1 Å². The summed E-state index contributed by atoms with van der Waals surface area (Å²) in [6.45, 7) is 3.58. The Morgan fingerprint density at radius 2 is 2.06 bits per heavy atom. The Kier molecular flexibility index (Phi) is 4.32. The van der Waals surface area contributed by atoms with Crippen LogP contribution in [0.5, 0.6) is 0 Å². The van der Waals surface area contributed by atoms with Crippen molar-refractivity contribution in [2.75, 3.05) is 5.32 Å². The number of nitrogens with one attached hydrogen (secondary N) is 1. The third-order valence-electron chi connectivity index (χ3n) is 1.96. The molecule has 7 heteroatoms. The van der Waals surface area contributed by atoms with Crippen LogP contribution in [0, 0.1) is 5.92 Å². The van der Waals surface area contributed by atoms with Crippen LogP contribution in [0.4, 0.5) is 5.69 Å². The Bertz CT molecular complexity index is 398. The highest BCUT2D eigenvalue weighted by atomic mass is 35.5. The first kappa shape index (κ1) is 13.0. The fourth-order valence-corrected chi connectivity index (χ4v) is 1.43. The van der Waals surface area contributed by atoms with E-state index in [4.69, 9.17) is 28.3 Å². The van der Waals surface area contributed by atoms with Crippen LogP contribution in [-0.4, -0.2) is 27.3 Å². The van der Waals surface area contributed by atoms with Crippen molar-refractivity contribution in [2.45, 2.75) is 19.9 Å². The Hall–Kier alpha value is -1.07. The molecule has 0 saturated heterocycles. The first-order chi connectivity index (χ1) is 7.41. The van der Waals surface area contributed by atoms with E-state index in [1.54, 1.807) is 13.8 Å². The molecule has 0 bridgehead atoms. The summed E-state index contributed by atoms with van der Waals surface area (Å²) in [7, 11) is 0.